The van der Waals surface area contributed by atoms with Crippen molar-refractivity contribution in [2.24, 2.45) is 0 Å². The molecule has 0 amide bonds. The SMILES string of the molecule is [C-]#[N+]C(=CC1=C(Cl)C(C#N)=C(C)C1)COOCC. The van der Waals surface area contributed by atoms with Gasteiger partial charge in [0.25, 0.3) is 0 Å². The van der Waals surface area contributed by atoms with Crippen LogP contribution in [0.4, 0.5) is 0 Å². The smallest absolute Gasteiger partial charge is 0.194 e. The zero-order valence-electron chi connectivity index (χ0n) is 10.3. The van der Waals surface area contributed by atoms with Gasteiger partial charge < -0.3 is 0 Å². The third-order valence-electron chi connectivity index (χ3n) is 2.39. The van der Waals surface area contributed by atoms with Crippen LogP contribution in [0.2, 0.25) is 0 Å². The standard InChI is InChI=1S/C13H13ClN2O2/c1-4-17-18-8-11(16-3)6-10-5-9(2)12(7-15)13(10)14/h6H,4-5,8H2,1-2H3. The average molecular weight is 265 g/mol. The molecule has 18 heavy (non-hydrogen) atoms. The summed E-state index contributed by atoms with van der Waals surface area (Å²) >= 11 is 6.08. The first-order chi connectivity index (χ1) is 8.63. The zero-order valence-corrected chi connectivity index (χ0v) is 11.0. The van der Waals surface area contributed by atoms with E-state index in [-0.39, 0.29) is 6.61 Å². The van der Waals surface area contributed by atoms with E-state index in [4.69, 9.17) is 33.2 Å². The maximum atomic E-state index is 8.94. The summed E-state index contributed by atoms with van der Waals surface area (Å²) in [5.41, 5.74) is 2.59. The zero-order chi connectivity index (χ0) is 13.5. The number of allylic oxidation sites excluding steroid dienone is 5. The highest BCUT2D eigenvalue weighted by Crippen LogP contribution is 2.35. The molecule has 0 spiro atoms. The van der Waals surface area contributed by atoms with Crippen LogP contribution in [0.25, 0.3) is 4.85 Å². The highest BCUT2D eigenvalue weighted by atomic mass is 35.5. The van der Waals surface area contributed by atoms with Gasteiger partial charge in [0, 0.05) is 0 Å². The molecule has 0 aromatic heterocycles. The fourth-order valence-corrected chi connectivity index (χ4v) is 1.88. The predicted molar refractivity (Wildman–Crippen MR) is 68.1 cm³/mol. The van der Waals surface area contributed by atoms with E-state index in [0.29, 0.717) is 29.3 Å². The first kappa shape index (κ1) is 14.5. The molecular formula is C13H13ClN2O2. The molecule has 0 atom stereocenters. The maximum absolute atomic E-state index is 8.94. The van der Waals surface area contributed by atoms with Gasteiger partial charge in [-0.2, -0.15) is 5.26 Å². The minimum atomic E-state index is 0.0753. The lowest BCUT2D eigenvalue weighted by molar-refractivity contribution is -0.284. The van der Waals surface area contributed by atoms with Crippen molar-refractivity contribution >= 4 is 11.6 Å². The summed E-state index contributed by atoms with van der Waals surface area (Å²) in [6, 6.07) is 2.06. The Morgan fingerprint density at radius 3 is 2.83 bits per heavy atom. The summed E-state index contributed by atoms with van der Waals surface area (Å²) in [5, 5.41) is 9.36. The van der Waals surface area contributed by atoms with Gasteiger partial charge in [0.15, 0.2) is 5.70 Å². The molecule has 0 saturated heterocycles. The second kappa shape index (κ2) is 6.98. The highest BCUT2D eigenvalue weighted by Gasteiger charge is 2.19. The van der Waals surface area contributed by atoms with Gasteiger partial charge in [-0.05, 0) is 31.4 Å². The monoisotopic (exact) mass is 264 g/mol. The van der Waals surface area contributed by atoms with Crippen molar-refractivity contribution in [1.82, 2.24) is 0 Å². The molecule has 1 aliphatic carbocycles. The minimum absolute atomic E-state index is 0.0753. The van der Waals surface area contributed by atoms with Gasteiger partial charge in [-0.15, -0.1) is 0 Å². The Kier molecular flexibility index (Phi) is 5.61. The number of halogens is 1. The van der Waals surface area contributed by atoms with E-state index in [9.17, 15) is 0 Å². The number of rotatable bonds is 5. The van der Waals surface area contributed by atoms with Crippen molar-refractivity contribution in [2.45, 2.75) is 20.3 Å². The van der Waals surface area contributed by atoms with Crippen molar-refractivity contribution in [3.63, 3.8) is 0 Å². The molecule has 0 aliphatic heterocycles. The van der Waals surface area contributed by atoms with Gasteiger partial charge in [-0.3, -0.25) is 0 Å². The molecule has 0 bridgehead atoms. The van der Waals surface area contributed by atoms with Crippen LogP contribution in [0.15, 0.2) is 33.5 Å². The second-order valence-electron chi connectivity index (χ2n) is 3.70. The number of hydrogen-bond donors (Lipinski definition) is 0. The van der Waals surface area contributed by atoms with E-state index < -0.39 is 0 Å². The van der Waals surface area contributed by atoms with E-state index >= 15 is 0 Å². The summed E-state index contributed by atoms with van der Waals surface area (Å²) in [4.78, 5) is 12.9. The summed E-state index contributed by atoms with van der Waals surface area (Å²) in [6.45, 7) is 11.2. The third kappa shape index (κ3) is 3.45. The van der Waals surface area contributed by atoms with Crippen LogP contribution >= 0.6 is 11.6 Å². The number of hydrogen-bond acceptors (Lipinski definition) is 3. The molecule has 1 aliphatic rings. The Labute approximate surface area is 111 Å². The van der Waals surface area contributed by atoms with Crippen LogP contribution in [-0.2, 0) is 9.78 Å². The van der Waals surface area contributed by atoms with Crippen LogP contribution in [0.5, 0.6) is 0 Å². The van der Waals surface area contributed by atoms with Crippen molar-refractivity contribution in [2.75, 3.05) is 13.2 Å². The Morgan fingerprint density at radius 1 is 1.61 bits per heavy atom. The molecule has 0 unspecified atom stereocenters. The van der Waals surface area contributed by atoms with Gasteiger partial charge in [0.05, 0.1) is 23.8 Å². The lowest BCUT2D eigenvalue weighted by Gasteiger charge is -2.01. The lowest BCUT2D eigenvalue weighted by atomic mass is 10.1. The quantitative estimate of drug-likeness (QED) is 0.330. The lowest BCUT2D eigenvalue weighted by Crippen LogP contribution is -1.97. The van der Waals surface area contributed by atoms with Gasteiger partial charge in [0.2, 0.25) is 0 Å². The Morgan fingerprint density at radius 2 is 2.33 bits per heavy atom. The molecule has 0 heterocycles. The van der Waals surface area contributed by atoms with Gasteiger partial charge in [0.1, 0.15) is 12.7 Å². The first-order valence-corrected chi connectivity index (χ1v) is 5.83. The molecule has 0 aromatic rings. The van der Waals surface area contributed by atoms with E-state index in [1.54, 1.807) is 13.0 Å². The Hall–Kier alpha value is -1.59. The van der Waals surface area contributed by atoms with Crippen molar-refractivity contribution in [3.05, 3.63) is 44.9 Å². The summed E-state index contributed by atoms with van der Waals surface area (Å²) < 4.78 is 0. The molecular weight excluding hydrogens is 252 g/mol. The molecule has 0 saturated carbocycles. The Bertz CT molecular complexity index is 504. The largest absolute Gasteiger partial charge is 0.243 e. The van der Waals surface area contributed by atoms with Crippen molar-refractivity contribution in [3.8, 4) is 6.07 Å². The van der Waals surface area contributed by atoms with Crippen LogP contribution < -0.4 is 0 Å². The molecule has 0 N–H and O–H groups in total. The fraction of sp³-hybridized carbons (Fsp3) is 0.385. The minimum Gasteiger partial charge on any atom is -0.243 e. The van der Waals surface area contributed by atoms with Gasteiger partial charge in [-0.1, -0.05) is 17.7 Å². The highest BCUT2D eigenvalue weighted by molar-refractivity contribution is 6.33. The molecule has 1 rings (SSSR count). The topological polar surface area (TPSA) is 46.6 Å². The fourth-order valence-electron chi connectivity index (χ4n) is 1.55. The molecule has 0 fully saturated rings. The van der Waals surface area contributed by atoms with Crippen LogP contribution in [0.3, 0.4) is 0 Å². The normalized spacial score (nSPS) is 15.9. The molecule has 5 heteroatoms. The number of nitriles is 1. The molecule has 0 radical (unpaired) electrons. The first-order valence-electron chi connectivity index (χ1n) is 5.45. The third-order valence-corrected chi connectivity index (χ3v) is 2.82. The predicted octanol–water partition coefficient (Wildman–Crippen LogP) is 3.49. The van der Waals surface area contributed by atoms with Crippen LogP contribution in [0.1, 0.15) is 20.3 Å². The van der Waals surface area contributed by atoms with Gasteiger partial charge >= 0.3 is 0 Å². The van der Waals surface area contributed by atoms with Gasteiger partial charge in [-0.25, -0.2) is 14.6 Å². The van der Waals surface area contributed by atoms with Crippen LogP contribution in [-0.4, -0.2) is 13.2 Å². The van der Waals surface area contributed by atoms with E-state index in [2.05, 4.69) is 10.9 Å². The van der Waals surface area contributed by atoms with Crippen molar-refractivity contribution in [1.29, 1.82) is 5.26 Å². The number of nitrogens with zero attached hydrogens (tertiary/aromatic N) is 2. The maximum Gasteiger partial charge on any atom is 0.194 e. The van der Waals surface area contributed by atoms with E-state index in [1.165, 1.54) is 0 Å². The molecule has 94 valence electrons. The summed E-state index contributed by atoms with van der Waals surface area (Å²) in [5.74, 6) is 0. The van der Waals surface area contributed by atoms with E-state index in [1.807, 2.05) is 6.92 Å². The summed E-state index contributed by atoms with van der Waals surface area (Å²) in [7, 11) is 0. The average Bonchev–Trinajstić information content (AvgIpc) is 2.63. The Balaban J connectivity index is 2.82. The van der Waals surface area contributed by atoms with Crippen LogP contribution in [0, 0.1) is 17.9 Å². The second-order valence-corrected chi connectivity index (χ2v) is 4.08. The summed E-state index contributed by atoms with van der Waals surface area (Å²) in [6.07, 6.45) is 2.25. The molecule has 4 nitrogen and oxygen atoms in total. The van der Waals surface area contributed by atoms with E-state index in [0.717, 1.165) is 11.1 Å². The molecule has 0 aromatic carbocycles. The van der Waals surface area contributed by atoms with Crippen molar-refractivity contribution < 1.29 is 9.78 Å².